The van der Waals surface area contributed by atoms with Gasteiger partial charge in [0.15, 0.2) is 0 Å². The average Bonchev–Trinajstić information content (AvgIpc) is 3.47. The Balaban J connectivity index is 0.00000216. The summed E-state index contributed by atoms with van der Waals surface area (Å²) >= 11 is 0. The fourth-order valence-electron chi connectivity index (χ4n) is 5.80. The second kappa shape index (κ2) is 8.84. The molecule has 0 bridgehead atoms. The molecule has 150 valence electrons. The van der Waals surface area contributed by atoms with Crippen molar-refractivity contribution >= 4 is 60.2 Å². The molecule has 2 aliphatic rings. The first-order chi connectivity index (χ1) is 15.4. The second-order valence-corrected chi connectivity index (χ2v) is 12.7. The summed E-state index contributed by atoms with van der Waals surface area (Å²) in [6.45, 7) is 0. The summed E-state index contributed by atoms with van der Waals surface area (Å²) in [6.07, 6.45) is 9.67. The van der Waals surface area contributed by atoms with Crippen molar-refractivity contribution in [3.8, 4) is 0 Å². The van der Waals surface area contributed by atoms with Crippen molar-refractivity contribution in [3.05, 3.63) is 144 Å². The van der Waals surface area contributed by atoms with Crippen LogP contribution >= 0.6 is 0 Å². The predicted octanol–water partition coefficient (Wildman–Crippen LogP) is 5.30. The van der Waals surface area contributed by atoms with E-state index in [1.54, 1.807) is 0 Å². The van der Waals surface area contributed by atoms with E-state index in [0.717, 1.165) is 0 Å². The summed E-state index contributed by atoms with van der Waals surface area (Å²) in [4.78, 5) is 0. The average molecular weight is 437 g/mol. The molecule has 0 saturated heterocycles. The fraction of sp³-hybridized carbons (Fsp3) is 0.0667. The normalized spacial score (nSPS) is 18.1. The van der Waals surface area contributed by atoms with E-state index in [1.807, 2.05) is 0 Å². The fourth-order valence-corrected chi connectivity index (χ4v) is 11.8. The molecule has 0 nitrogen and oxygen atoms in total. The molecule has 0 fully saturated rings. The van der Waals surface area contributed by atoms with Crippen LogP contribution < -0.4 is 10.4 Å². The van der Waals surface area contributed by atoms with Crippen molar-refractivity contribution in [1.82, 2.24) is 0 Å². The van der Waals surface area contributed by atoms with Crippen LogP contribution in [0.2, 0.25) is 0 Å². The third-order valence-corrected chi connectivity index (χ3v) is 12.6. The van der Waals surface area contributed by atoms with Gasteiger partial charge in [-0.2, -0.15) is 0 Å². The second-order valence-electron chi connectivity index (χ2n) is 8.53. The van der Waals surface area contributed by atoms with E-state index in [1.165, 1.54) is 32.6 Å². The standard InChI is InChI=1S/C30H24Si.Na.H/c1-3-13-25(14-4-1)31(26-15-5-2-6-16-26,29-21-19-23-11-7-9-17-27(23)29)30-22-20-24-12-8-10-18-28(24)30;;/h1-22,29-30H;;. The van der Waals surface area contributed by atoms with E-state index < -0.39 is 8.07 Å². The van der Waals surface area contributed by atoms with Gasteiger partial charge >= 0.3 is 29.6 Å². The Morgan fingerprint density at radius 2 is 0.812 bits per heavy atom. The Bertz CT molecular complexity index is 1190. The first-order valence-electron chi connectivity index (χ1n) is 11.0. The summed E-state index contributed by atoms with van der Waals surface area (Å²) in [5.41, 5.74) is 6.45. The van der Waals surface area contributed by atoms with Crippen LogP contribution in [-0.2, 0) is 0 Å². The molecule has 2 unspecified atom stereocenters. The van der Waals surface area contributed by atoms with Gasteiger partial charge in [0, 0.05) is 11.1 Å². The van der Waals surface area contributed by atoms with Crippen molar-refractivity contribution in [3.63, 3.8) is 0 Å². The Morgan fingerprint density at radius 1 is 0.438 bits per heavy atom. The van der Waals surface area contributed by atoms with Crippen LogP contribution in [-0.4, -0.2) is 37.6 Å². The summed E-state index contributed by atoms with van der Waals surface area (Å²) in [6, 6.07) is 40.6. The van der Waals surface area contributed by atoms with E-state index >= 15 is 0 Å². The van der Waals surface area contributed by atoms with Gasteiger partial charge in [-0.25, -0.2) is 0 Å². The summed E-state index contributed by atoms with van der Waals surface area (Å²) in [7, 11) is -2.36. The van der Waals surface area contributed by atoms with Crippen LogP contribution in [0.3, 0.4) is 0 Å². The van der Waals surface area contributed by atoms with Crippen LogP contribution in [0.25, 0.3) is 12.2 Å². The number of fused-ring (bicyclic) bond motifs is 2. The number of allylic oxidation sites excluding steroid dienone is 2. The van der Waals surface area contributed by atoms with E-state index in [4.69, 9.17) is 0 Å². The van der Waals surface area contributed by atoms with Gasteiger partial charge in [0.25, 0.3) is 0 Å². The van der Waals surface area contributed by atoms with Gasteiger partial charge in [-0.15, -0.1) is 0 Å². The van der Waals surface area contributed by atoms with Crippen LogP contribution in [0, 0.1) is 0 Å². The van der Waals surface area contributed by atoms with E-state index in [2.05, 4.69) is 133 Å². The number of rotatable bonds is 4. The van der Waals surface area contributed by atoms with Crippen LogP contribution in [0.1, 0.15) is 33.3 Å². The van der Waals surface area contributed by atoms with Crippen LogP contribution in [0.5, 0.6) is 0 Å². The molecular formula is C30H25NaSi. The molecule has 4 aromatic carbocycles. The zero-order valence-corrected chi connectivity index (χ0v) is 18.4. The van der Waals surface area contributed by atoms with Gasteiger partial charge in [-0.1, -0.05) is 144 Å². The molecular weight excluding hydrogens is 411 g/mol. The monoisotopic (exact) mass is 436 g/mol. The van der Waals surface area contributed by atoms with Crippen molar-refractivity contribution in [2.24, 2.45) is 0 Å². The molecule has 2 atom stereocenters. The molecule has 0 aliphatic heterocycles. The van der Waals surface area contributed by atoms with Gasteiger partial charge < -0.3 is 0 Å². The van der Waals surface area contributed by atoms with E-state index in [9.17, 15) is 0 Å². The van der Waals surface area contributed by atoms with Gasteiger partial charge in [0.05, 0.1) is 0 Å². The molecule has 0 amide bonds. The van der Waals surface area contributed by atoms with E-state index in [-0.39, 0.29) is 29.6 Å². The molecule has 2 aliphatic carbocycles. The maximum absolute atomic E-state index is 2.49. The Kier molecular flexibility index (Phi) is 5.92. The molecule has 0 heterocycles. The Morgan fingerprint density at radius 3 is 1.25 bits per heavy atom. The van der Waals surface area contributed by atoms with Crippen molar-refractivity contribution in [1.29, 1.82) is 0 Å². The predicted molar refractivity (Wildman–Crippen MR) is 141 cm³/mol. The summed E-state index contributed by atoms with van der Waals surface area (Å²) in [5.74, 6) is 0. The Labute approximate surface area is 213 Å². The first-order valence-corrected chi connectivity index (χ1v) is 13.2. The minimum absolute atomic E-state index is 0. The van der Waals surface area contributed by atoms with Gasteiger partial charge in [0.2, 0.25) is 0 Å². The molecule has 0 radical (unpaired) electrons. The van der Waals surface area contributed by atoms with Gasteiger partial charge in [-0.05, 0) is 22.3 Å². The molecule has 0 N–H and O–H groups in total. The summed E-state index contributed by atoms with van der Waals surface area (Å²) < 4.78 is 0. The minimum atomic E-state index is -2.36. The third-order valence-electron chi connectivity index (χ3n) is 7.08. The SMILES string of the molecule is C1=CC([Si](c2ccccc2)(c2ccccc2)C2C=Cc3ccccc32)c2ccccc21.[NaH]. The maximum atomic E-state index is 2.49. The molecule has 32 heavy (non-hydrogen) atoms. The molecule has 0 aromatic heterocycles. The van der Waals surface area contributed by atoms with Crippen molar-refractivity contribution in [2.45, 2.75) is 11.1 Å². The first kappa shape index (κ1) is 21.4. The molecule has 0 saturated carbocycles. The Hall–Kier alpha value is -2.42. The van der Waals surface area contributed by atoms with Crippen molar-refractivity contribution < 1.29 is 0 Å². The molecule has 0 spiro atoms. The molecule has 2 heteroatoms. The quantitative estimate of drug-likeness (QED) is 0.381. The third kappa shape index (κ3) is 3.24. The zero-order chi connectivity index (χ0) is 20.7. The van der Waals surface area contributed by atoms with E-state index in [0.29, 0.717) is 11.1 Å². The van der Waals surface area contributed by atoms with Crippen LogP contribution in [0.15, 0.2) is 121 Å². The molecule has 6 rings (SSSR count). The van der Waals surface area contributed by atoms with Gasteiger partial charge in [0.1, 0.15) is 8.07 Å². The van der Waals surface area contributed by atoms with Crippen LogP contribution in [0.4, 0.5) is 0 Å². The number of benzene rings is 4. The summed E-state index contributed by atoms with van der Waals surface area (Å²) in [5, 5.41) is 3.00. The zero-order valence-electron chi connectivity index (χ0n) is 17.4. The van der Waals surface area contributed by atoms with Gasteiger partial charge in [-0.3, -0.25) is 0 Å². The number of hydrogen-bond acceptors (Lipinski definition) is 0. The topological polar surface area (TPSA) is 0 Å². The van der Waals surface area contributed by atoms with Crippen molar-refractivity contribution in [2.75, 3.05) is 0 Å². The number of hydrogen-bond donors (Lipinski definition) is 0. The molecule has 4 aromatic rings.